The smallest absolute Gasteiger partial charge is 0.219 e. The molecule has 0 radical (unpaired) electrons. The fourth-order valence-corrected chi connectivity index (χ4v) is 1.87. The summed E-state index contributed by atoms with van der Waals surface area (Å²) < 4.78 is 0. The molecular formula is C9H17N3O2. The van der Waals surface area contributed by atoms with Gasteiger partial charge in [0.1, 0.15) is 5.84 Å². The maximum atomic E-state index is 11.2. The Kier molecular flexibility index (Phi) is 3.73. The molecule has 1 aliphatic carbocycles. The summed E-state index contributed by atoms with van der Waals surface area (Å²) >= 11 is 0. The van der Waals surface area contributed by atoms with Crippen LogP contribution in [0.3, 0.4) is 0 Å². The van der Waals surface area contributed by atoms with Crippen molar-refractivity contribution in [1.82, 2.24) is 5.32 Å². The van der Waals surface area contributed by atoms with Gasteiger partial charge in [-0.1, -0.05) is 18.5 Å². The zero-order valence-electron chi connectivity index (χ0n) is 8.36. The number of oxime groups is 1. The Labute approximate surface area is 83.3 Å². The van der Waals surface area contributed by atoms with E-state index in [0.29, 0.717) is 6.42 Å². The quantitative estimate of drug-likeness (QED) is 0.266. The molecule has 2 unspecified atom stereocenters. The van der Waals surface area contributed by atoms with Crippen LogP contribution >= 0.6 is 0 Å². The van der Waals surface area contributed by atoms with E-state index in [-0.39, 0.29) is 23.7 Å². The minimum Gasteiger partial charge on any atom is -0.409 e. The summed E-state index contributed by atoms with van der Waals surface area (Å²) in [7, 11) is 0. The third-order valence-electron chi connectivity index (χ3n) is 2.68. The molecule has 1 amide bonds. The molecule has 2 atom stereocenters. The molecule has 14 heavy (non-hydrogen) atoms. The molecule has 1 rings (SSSR count). The third-order valence-corrected chi connectivity index (χ3v) is 2.68. The lowest BCUT2D eigenvalue weighted by molar-refractivity contribution is -0.121. The summed E-state index contributed by atoms with van der Waals surface area (Å²) in [5.41, 5.74) is 5.53. The van der Waals surface area contributed by atoms with Crippen molar-refractivity contribution in [3.8, 4) is 0 Å². The lowest BCUT2D eigenvalue weighted by Crippen LogP contribution is -2.42. The molecule has 5 heteroatoms. The summed E-state index contributed by atoms with van der Waals surface area (Å²) in [5, 5.41) is 14.4. The van der Waals surface area contributed by atoms with E-state index in [1.165, 1.54) is 0 Å². The largest absolute Gasteiger partial charge is 0.409 e. The van der Waals surface area contributed by atoms with Gasteiger partial charge in [0, 0.05) is 18.4 Å². The first-order valence-corrected chi connectivity index (χ1v) is 4.95. The zero-order chi connectivity index (χ0) is 10.6. The molecular weight excluding hydrogens is 182 g/mol. The van der Waals surface area contributed by atoms with Gasteiger partial charge >= 0.3 is 0 Å². The summed E-state index contributed by atoms with van der Waals surface area (Å²) in [6.07, 6.45) is 3.27. The molecule has 0 bridgehead atoms. The van der Waals surface area contributed by atoms with Crippen LogP contribution in [0.4, 0.5) is 0 Å². The zero-order valence-corrected chi connectivity index (χ0v) is 8.36. The predicted octanol–water partition coefficient (Wildman–Crippen LogP) is 0.428. The Morgan fingerprint density at radius 2 is 2.36 bits per heavy atom. The normalized spacial score (nSPS) is 27.6. The van der Waals surface area contributed by atoms with Gasteiger partial charge in [-0.25, -0.2) is 0 Å². The number of hydrogen-bond donors (Lipinski definition) is 3. The topological polar surface area (TPSA) is 87.7 Å². The number of nitrogens with one attached hydrogen (secondary N) is 1. The Morgan fingerprint density at radius 1 is 1.64 bits per heavy atom. The van der Waals surface area contributed by atoms with Crippen LogP contribution in [0.15, 0.2) is 5.16 Å². The van der Waals surface area contributed by atoms with Crippen molar-refractivity contribution in [2.45, 2.75) is 38.6 Å². The molecule has 1 aliphatic rings. The molecule has 5 nitrogen and oxygen atoms in total. The molecule has 0 aliphatic heterocycles. The average Bonchev–Trinajstić information content (AvgIpc) is 2.64. The van der Waals surface area contributed by atoms with Crippen LogP contribution in [0.2, 0.25) is 0 Å². The second kappa shape index (κ2) is 4.83. The van der Waals surface area contributed by atoms with Crippen LogP contribution in [-0.2, 0) is 4.79 Å². The number of hydrogen-bond acceptors (Lipinski definition) is 3. The van der Waals surface area contributed by atoms with E-state index in [9.17, 15) is 4.79 Å². The van der Waals surface area contributed by atoms with Crippen LogP contribution < -0.4 is 11.1 Å². The van der Waals surface area contributed by atoms with E-state index in [1.54, 1.807) is 0 Å². The van der Waals surface area contributed by atoms with Gasteiger partial charge in [0.2, 0.25) is 5.91 Å². The standard InChI is InChI=1S/C9H17N3O2/c1-2-8(13)11-7-5-3-4-6(7)9(10)12-14/h6-7,14H,2-5H2,1H3,(H2,10,12)(H,11,13). The fourth-order valence-electron chi connectivity index (χ4n) is 1.87. The van der Waals surface area contributed by atoms with Gasteiger partial charge in [0.15, 0.2) is 0 Å². The van der Waals surface area contributed by atoms with Crippen LogP contribution in [0.25, 0.3) is 0 Å². The van der Waals surface area contributed by atoms with E-state index >= 15 is 0 Å². The number of nitrogens with two attached hydrogens (primary N) is 1. The Balaban J connectivity index is 2.55. The van der Waals surface area contributed by atoms with E-state index in [4.69, 9.17) is 10.9 Å². The Bertz CT molecular complexity index is 240. The van der Waals surface area contributed by atoms with Gasteiger partial charge in [-0.2, -0.15) is 0 Å². The molecule has 0 saturated heterocycles. The van der Waals surface area contributed by atoms with Gasteiger partial charge in [-0.05, 0) is 12.8 Å². The number of carbonyl (C=O) groups excluding carboxylic acids is 1. The van der Waals surface area contributed by atoms with E-state index in [1.807, 2.05) is 6.92 Å². The van der Waals surface area contributed by atoms with Gasteiger partial charge in [-0.3, -0.25) is 4.79 Å². The first kappa shape index (κ1) is 10.8. The molecule has 0 aromatic heterocycles. The highest BCUT2D eigenvalue weighted by molar-refractivity contribution is 5.84. The number of rotatable bonds is 3. The first-order chi connectivity index (χ1) is 6.69. The van der Waals surface area contributed by atoms with Gasteiger partial charge in [0.25, 0.3) is 0 Å². The Hall–Kier alpha value is -1.26. The second-order valence-electron chi connectivity index (χ2n) is 3.59. The van der Waals surface area contributed by atoms with Crippen LogP contribution in [0, 0.1) is 5.92 Å². The van der Waals surface area contributed by atoms with Crippen LogP contribution in [0.1, 0.15) is 32.6 Å². The average molecular weight is 199 g/mol. The highest BCUT2D eigenvalue weighted by Gasteiger charge is 2.31. The second-order valence-corrected chi connectivity index (χ2v) is 3.59. The van der Waals surface area contributed by atoms with Crippen molar-refractivity contribution < 1.29 is 10.0 Å². The summed E-state index contributed by atoms with van der Waals surface area (Å²) in [4.78, 5) is 11.2. The van der Waals surface area contributed by atoms with E-state index in [0.717, 1.165) is 19.3 Å². The number of carbonyl (C=O) groups is 1. The first-order valence-electron chi connectivity index (χ1n) is 4.95. The summed E-state index contributed by atoms with van der Waals surface area (Å²) in [5.74, 6) is 0.243. The van der Waals surface area contributed by atoms with Crippen LogP contribution in [-0.4, -0.2) is 23.0 Å². The SMILES string of the molecule is CCC(=O)NC1CCCC1/C(N)=N/O. The highest BCUT2D eigenvalue weighted by Crippen LogP contribution is 2.25. The summed E-state index contributed by atoms with van der Waals surface area (Å²) in [6, 6.07) is 0.0401. The van der Waals surface area contributed by atoms with E-state index in [2.05, 4.69) is 10.5 Å². The fraction of sp³-hybridized carbons (Fsp3) is 0.778. The minimum atomic E-state index is -0.00417. The molecule has 0 heterocycles. The van der Waals surface area contributed by atoms with Crippen molar-refractivity contribution >= 4 is 11.7 Å². The van der Waals surface area contributed by atoms with Crippen LogP contribution in [0.5, 0.6) is 0 Å². The summed E-state index contributed by atoms with van der Waals surface area (Å²) in [6.45, 7) is 1.81. The van der Waals surface area contributed by atoms with Crippen molar-refractivity contribution in [3.63, 3.8) is 0 Å². The lowest BCUT2D eigenvalue weighted by atomic mass is 10.0. The highest BCUT2D eigenvalue weighted by atomic mass is 16.4. The number of amides is 1. The molecule has 80 valence electrons. The molecule has 4 N–H and O–H groups in total. The monoisotopic (exact) mass is 199 g/mol. The molecule has 0 aromatic carbocycles. The number of amidine groups is 1. The van der Waals surface area contributed by atoms with Crippen molar-refractivity contribution in [1.29, 1.82) is 0 Å². The van der Waals surface area contributed by atoms with E-state index < -0.39 is 0 Å². The molecule has 0 aromatic rings. The van der Waals surface area contributed by atoms with Crippen molar-refractivity contribution in [2.75, 3.05) is 0 Å². The van der Waals surface area contributed by atoms with Gasteiger partial charge in [-0.15, -0.1) is 0 Å². The number of nitrogens with zero attached hydrogens (tertiary/aromatic N) is 1. The molecule has 1 saturated carbocycles. The lowest BCUT2D eigenvalue weighted by Gasteiger charge is -2.19. The predicted molar refractivity (Wildman–Crippen MR) is 53.0 cm³/mol. The molecule has 1 fully saturated rings. The third kappa shape index (κ3) is 2.37. The molecule has 0 spiro atoms. The van der Waals surface area contributed by atoms with Crippen molar-refractivity contribution in [3.05, 3.63) is 0 Å². The maximum Gasteiger partial charge on any atom is 0.219 e. The Morgan fingerprint density at radius 3 is 2.93 bits per heavy atom. The minimum absolute atomic E-state index is 0.00417. The van der Waals surface area contributed by atoms with Crippen molar-refractivity contribution in [2.24, 2.45) is 16.8 Å². The maximum absolute atomic E-state index is 11.2. The van der Waals surface area contributed by atoms with Gasteiger partial charge in [0.05, 0.1) is 0 Å². The van der Waals surface area contributed by atoms with Gasteiger partial charge < -0.3 is 16.3 Å².